The first kappa shape index (κ1) is 10.4. The maximum atomic E-state index is 4.08. The van der Waals surface area contributed by atoms with Gasteiger partial charge < -0.3 is 5.32 Å². The zero-order valence-corrected chi connectivity index (χ0v) is 9.64. The van der Waals surface area contributed by atoms with Gasteiger partial charge in [0.2, 0.25) is 5.71 Å². The van der Waals surface area contributed by atoms with Gasteiger partial charge in [0.05, 0.1) is 13.1 Å². The van der Waals surface area contributed by atoms with Crippen molar-refractivity contribution in [1.82, 2.24) is 5.32 Å². The Labute approximate surface area is 91.7 Å². The molecule has 0 aromatic heterocycles. The molecule has 0 radical (unpaired) electrons. The molecular weight excluding hydrogens is 184 g/mol. The fourth-order valence-corrected chi connectivity index (χ4v) is 2.08. The van der Waals surface area contributed by atoms with Gasteiger partial charge in [0.15, 0.2) is 13.1 Å². The van der Waals surface area contributed by atoms with E-state index in [0.29, 0.717) is 0 Å². The lowest BCUT2D eigenvalue weighted by Gasteiger charge is -2.17. The van der Waals surface area contributed by atoms with E-state index in [-0.39, 0.29) is 0 Å². The number of hydrogen-bond donors (Lipinski definition) is 1. The molecule has 0 bridgehead atoms. The molecule has 1 aliphatic heterocycles. The molecule has 0 saturated carbocycles. The van der Waals surface area contributed by atoms with Crippen LogP contribution < -0.4 is 5.32 Å². The smallest absolute Gasteiger partial charge is 0.200 e. The molecule has 1 saturated heterocycles. The SMILES string of the molecule is C=C1C(C)=CC(=[N+]2CCNCC2)C=C1C. The first-order valence-electron chi connectivity index (χ1n) is 5.57. The lowest BCUT2D eigenvalue weighted by Crippen LogP contribution is -2.40. The molecule has 80 valence electrons. The molecule has 0 atom stereocenters. The Hall–Kier alpha value is -1.15. The number of hydrogen-bond acceptors (Lipinski definition) is 1. The van der Waals surface area contributed by atoms with E-state index in [9.17, 15) is 0 Å². The predicted octanol–water partition coefficient (Wildman–Crippen LogP) is 1.51. The van der Waals surface area contributed by atoms with Crippen molar-refractivity contribution in [3.8, 4) is 0 Å². The Kier molecular flexibility index (Phi) is 2.87. The van der Waals surface area contributed by atoms with E-state index < -0.39 is 0 Å². The molecule has 0 amide bonds. The molecule has 1 fully saturated rings. The summed E-state index contributed by atoms with van der Waals surface area (Å²) in [4.78, 5) is 0. The summed E-state index contributed by atoms with van der Waals surface area (Å²) in [6, 6.07) is 0. The lowest BCUT2D eigenvalue weighted by molar-refractivity contribution is -0.530. The van der Waals surface area contributed by atoms with Crippen LogP contribution in [0.2, 0.25) is 0 Å². The standard InChI is InChI=1S/C13H19N2/c1-10-8-13(9-11(2)12(10)3)15-6-4-14-5-7-15/h8-9,14H,3-7H2,1-2H3/q+1. The van der Waals surface area contributed by atoms with E-state index in [1.807, 2.05) is 0 Å². The van der Waals surface area contributed by atoms with E-state index in [0.717, 1.165) is 26.2 Å². The summed E-state index contributed by atoms with van der Waals surface area (Å²) < 4.78 is 2.44. The maximum Gasteiger partial charge on any atom is 0.200 e. The Balaban J connectivity index is 2.33. The van der Waals surface area contributed by atoms with Crippen LogP contribution in [-0.4, -0.2) is 36.5 Å². The largest absolute Gasteiger partial charge is 0.305 e. The number of nitrogens with one attached hydrogen (secondary N) is 1. The van der Waals surface area contributed by atoms with Gasteiger partial charge in [0.25, 0.3) is 0 Å². The van der Waals surface area contributed by atoms with Crippen molar-refractivity contribution in [3.63, 3.8) is 0 Å². The molecule has 2 heteroatoms. The van der Waals surface area contributed by atoms with Crippen LogP contribution >= 0.6 is 0 Å². The van der Waals surface area contributed by atoms with Crippen LogP contribution in [0.15, 0.2) is 35.5 Å². The topological polar surface area (TPSA) is 15.0 Å². The predicted molar refractivity (Wildman–Crippen MR) is 64.5 cm³/mol. The first-order chi connectivity index (χ1) is 7.18. The number of allylic oxidation sites excluding steroid dienone is 5. The molecule has 15 heavy (non-hydrogen) atoms. The fraction of sp³-hybridized carbons (Fsp3) is 0.462. The maximum absolute atomic E-state index is 4.08. The third-order valence-corrected chi connectivity index (χ3v) is 3.16. The molecule has 1 N–H and O–H groups in total. The molecular formula is C13H19N2+. The number of piperazine rings is 1. The Morgan fingerprint density at radius 1 is 1.13 bits per heavy atom. The summed E-state index contributed by atoms with van der Waals surface area (Å²) in [7, 11) is 0. The molecule has 0 aromatic rings. The molecule has 2 rings (SSSR count). The van der Waals surface area contributed by atoms with Crippen molar-refractivity contribution in [2.75, 3.05) is 26.2 Å². The van der Waals surface area contributed by atoms with Crippen LogP contribution in [0.3, 0.4) is 0 Å². The number of nitrogens with zero attached hydrogens (tertiary/aromatic N) is 1. The summed E-state index contributed by atoms with van der Waals surface area (Å²) in [5.41, 5.74) is 5.11. The minimum absolute atomic E-state index is 1.09. The highest BCUT2D eigenvalue weighted by molar-refractivity contribution is 6.04. The third kappa shape index (κ3) is 2.10. The lowest BCUT2D eigenvalue weighted by atomic mass is 9.94. The highest BCUT2D eigenvalue weighted by Gasteiger charge is 2.18. The summed E-state index contributed by atoms with van der Waals surface area (Å²) in [5, 5.41) is 3.37. The van der Waals surface area contributed by atoms with Crippen molar-refractivity contribution < 1.29 is 4.58 Å². The van der Waals surface area contributed by atoms with Crippen molar-refractivity contribution in [2.24, 2.45) is 0 Å². The molecule has 2 nitrogen and oxygen atoms in total. The summed E-state index contributed by atoms with van der Waals surface area (Å²) >= 11 is 0. The van der Waals surface area contributed by atoms with Gasteiger partial charge in [-0.25, -0.2) is 4.58 Å². The molecule has 1 heterocycles. The minimum atomic E-state index is 1.09. The van der Waals surface area contributed by atoms with E-state index in [1.54, 1.807) is 0 Å². The van der Waals surface area contributed by atoms with Gasteiger partial charge in [-0.15, -0.1) is 0 Å². The van der Waals surface area contributed by atoms with Crippen molar-refractivity contribution in [1.29, 1.82) is 0 Å². The highest BCUT2D eigenvalue weighted by Crippen LogP contribution is 2.21. The summed E-state index contributed by atoms with van der Waals surface area (Å²) in [6.45, 7) is 12.7. The quantitative estimate of drug-likeness (QED) is 0.590. The van der Waals surface area contributed by atoms with Gasteiger partial charge in [-0.1, -0.05) is 6.58 Å². The average Bonchev–Trinajstić information content (AvgIpc) is 2.26. The van der Waals surface area contributed by atoms with Crippen LogP contribution in [0, 0.1) is 0 Å². The second-order valence-electron chi connectivity index (χ2n) is 4.30. The zero-order chi connectivity index (χ0) is 10.8. The normalized spacial score (nSPS) is 22.7. The molecule has 0 unspecified atom stereocenters. The van der Waals surface area contributed by atoms with E-state index >= 15 is 0 Å². The molecule has 1 aliphatic carbocycles. The van der Waals surface area contributed by atoms with Gasteiger partial charge in [-0.2, -0.15) is 0 Å². The van der Waals surface area contributed by atoms with Crippen LogP contribution in [0.1, 0.15) is 13.8 Å². The van der Waals surface area contributed by atoms with Crippen LogP contribution in [-0.2, 0) is 0 Å². The Bertz CT molecular complexity index is 351. The molecule has 0 spiro atoms. The van der Waals surface area contributed by atoms with Crippen LogP contribution in [0.25, 0.3) is 0 Å². The van der Waals surface area contributed by atoms with E-state index in [4.69, 9.17) is 0 Å². The minimum Gasteiger partial charge on any atom is -0.305 e. The van der Waals surface area contributed by atoms with Crippen molar-refractivity contribution in [2.45, 2.75) is 13.8 Å². The molecule has 0 aromatic carbocycles. The highest BCUT2D eigenvalue weighted by atomic mass is 15.1. The average molecular weight is 203 g/mol. The van der Waals surface area contributed by atoms with Crippen LogP contribution in [0.5, 0.6) is 0 Å². The van der Waals surface area contributed by atoms with Crippen LogP contribution in [0.4, 0.5) is 0 Å². The zero-order valence-electron chi connectivity index (χ0n) is 9.64. The second kappa shape index (κ2) is 4.15. The van der Waals surface area contributed by atoms with Gasteiger partial charge in [-0.3, -0.25) is 0 Å². The molecule has 2 aliphatic rings. The number of rotatable bonds is 0. The van der Waals surface area contributed by atoms with E-state index in [2.05, 4.69) is 42.5 Å². The van der Waals surface area contributed by atoms with Gasteiger partial charge in [-0.05, 0) is 30.6 Å². The fourth-order valence-electron chi connectivity index (χ4n) is 2.08. The van der Waals surface area contributed by atoms with E-state index in [1.165, 1.54) is 22.4 Å². The Morgan fingerprint density at radius 3 is 2.20 bits per heavy atom. The second-order valence-corrected chi connectivity index (χ2v) is 4.30. The summed E-state index contributed by atoms with van der Waals surface area (Å²) in [5.74, 6) is 0. The monoisotopic (exact) mass is 203 g/mol. The summed E-state index contributed by atoms with van der Waals surface area (Å²) in [6.07, 6.45) is 4.50. The van der Waals surface area contributed by atoms with Gasteiger partial charge in [0, 0.05) is 12.2 Å². The first-order valence-corrected chi connectivity index (χ1v) is 5.57. The van der Waals surface area contributed by atoms with Crippen molar-refractivity contribution in [3.05, 3.63) is 35.5 Å². The van der Waals surface area contributed by atoms with Gasteiger partial charge in [0.1, 0.15) is 0 Å². The van der Waals surface area contributed by atoms with Crippen molar-refractivity contribution >= 4 is 5.71 Å². The third-order valence-electron chi connectivity index (χ3n) is 3.16. The Morgan fingerprint density at radius 2 is 1.67 bits per heavy atom. The van der Waals surface area contributed by atoms with Gasteiger partial charge >= 0.3 is 0 Å².